The Bertz CT molecular complexity index is 322. The van der Waals surface area contributed by atoms with Crippen molar-refractivity contribution in [2.24, 2.45) is 35.3 Å². The van der Waals surface area contributed by atoms with E-state index >= 15 is 0 Å². The van der Waals surface area contributed by atoms with Gasteiger partial charge in [-0.25, -0.2) is 0 Å². The molecule has 0 aromatic rings. The summed E-state index contributed by atoms with van der Waals surface area (Å²) < 4.78 is 0. The lowest BCUT2D eigenvalue weighted by atomic mass is 9.51. The van der Waals surface area contributed by atoms with Gasteiger partial charge in [-0.1, -0.05) is 0 Å². The highest BCUT2D eigenvalue weighted by Gasteiger charge is 2.48. The molecule has 0 radical (unpaired) electrons. The van der Waals surface area contributed by atoms with Crippen LogP contribution >= 0.6 is 0 Å². The fourth-order valence-corrected chi connectivity index (χ4v) is 5.08. The first kappa shape index (κ1) is 12.5. The van der Waals surface area contributed by atoms with E-state index in [1.807, 2.05) is 0 Å². The molecule has 1 atom stereocenters. The summed E-state index contributed by atoms with van der Waals surface area (Å²) in [5, 5.41) is 9.10. The summed E-state index contributed by atoms with van der Waals surface area (Å²) in [4.78, 5) is 11.1. The Morgan fingerprint density at radius 2 is 1.67 bits per heavy atom. The van der Waals surface area contributed by atoms with E-state index in [-0.39, 0.29) is 0 Å². The molecule has 0 aromatic carbocycles. The van der Waals surface area contributed by atoms with Crippen LogP contribution in [0.4, 0.5) is 0 Å². The Morgan fingerprint density at radius 3 is 2.11 bits per heavy atom. The lowest BCUT2D eigenvalue weighted by Gasteiger charge is -2.55. The molecule has 0 spiro atoms. The molecule has 4 bridgehead atoms. The van der Waals surface area contributed by atoms with Gasteiger partial charge in [-0.05, 0) is 81.5 Å². The number of hydrogen-bond donors (Lipinski definition) is 2. The number of hydrogen-bond acceptors (Lipinski definition) is 2. The second-order valence-electron chi connectivity index (χ2n) is 7.36. The summed E-state index contributed by atoms with van der Waals surface area (Å²) in [5.41, 5.74) is 4.83. The molecular formula is C15H25NO2. The third kappa shape index (κ3) is 2.07. The zero-order valence-corrected chi connectivity index (χ0v) is 11.3. The normalized spacial score (nSPS) is 44.9. The molecule has 0 aliphatic heterocycles. The average Bonchev–Trinajstić information content (AvgIpc) is 2.26. The molecule has 4 fully saturated rings. The smallest absolute Gasteiger partial charge is 0.323 e. The second kappa shape index (κ2) is 4.22. The first-order valence-corrected chi connectivity index (χ1v) is 7.48. The van der Waals surface area contributed by atoms with Crippen molar-refractivity contribution in [2.75, 3.05) is 0 Å². The molecule has 0 amide bonds. The molecule has 4 rings (SSSR count). The van der Waals surface area contributed by atoms with Crippen LogP contribution < -0.4 is 5.73 Å². The first-order valence-electron chi connectivity index (χ1n) is 7.48. The fourth-order valence-electron chi connectivity index (χ4n) is 5.08. The minimum atomic E-state index is -1.03. The van der Waals surface area contributed by atoms with E-state index in [2.05, 4.69) is 0 Å². The summed E-state index contributed by atoms with van der Waals surface area (Å²) in [5.74, 6) is 3.66. The van der Waals surface area contributed by atoms with E-state index in [9.17, 15) is 4.79 Å². The van der Waals surface area contributed by atoms with Crippen molar-refractivity contribution in [1.82, 2.24) is 0 Å². The number of carbonyl (C=O) groups is 1. The first-order chi connectivity index (χ1) is 8.45. The van der Waals surface area contributed by atoms with Gasteiger partial charge in [0.15, 0.2) is 0 Å². The minimum absolute atomic E-state index is 0.634. The van der Waals surface area contributed by atoms with Gasteiger partial charge in [0.1, 0.15) is 5.54 Å². The molecule has 4 saturated carbocycles. The predicted molar refractivity (Wildman–Crippen MR) is 70.0 cm³/mol. The maximum absolute atomic E-state index is 11.1. The topological polar surface area (TPSA) is 63.3 Å². The van der Waals surface area contributed by atoms with Gasteiger partial charge in [-0.3, -0.25) is 4.79 Å². The predicted octanol–water partition coefficient (Wildman–Crippen LogP) is 2.64. The van der Waals surface area contributed by atoms with E-state index in [0.717, 1.165) is 36.0 Å². The van der Waals surface area contributed by atoms with Gasteiger partial charge in [0.05, 0.1) is 0 Å². The summed E-state index contributed by atoms with van der Waals surface area (Å²) in [6, 6.07) is 0. The van der Waals surface area contributed by atoms with Crippen LogP contribution in [0, 0.1) is 29.6 Å². The average molecular weight is 251 g/mol. The molecule has 3 nitrogen and oxygen atoms in total. The Balaban J connectivity index is 1.62. The third-order valence-corrected chi connectivity index (χ3v) is 5.91. The van der Waals surface area contributed by atoms with E-state index in [0.29, 0.717) is 6.42 Å². The summed E-state index contributed by atoms with van der Waals surface area (Å²) in [6.45, 7) is 1.66. The lowest BCUT2D eigenvalue weighted by Crippen LogP contribution is -2.48. The van der Waals surface area contributed by atoms with Crippen LogP contribution in [0.2, 0.25) is 0 Å². The zero-order valence-electron chi connectivity index (χ0n) is 11.3. The molecule has 0 aromatic heterocycles. The quantitative estimate of drug-likeness (QED) is 0.807. The van der Waals surface area contributed by atoms with Crippen LogP contribution in [0.15, 0.2) is 0 Å². The van der Waals surface area contributed by atoms with Crippen molar-refractivity contribution in [3.05, 3.63) is 0 Å². The van der Waals surface area contributed by atoms with Gasteiger partial charge < -0.3 is 10.8 Å². The Hall–Kier alpha value is -0.570. The molecule has 18 heavy (non-hydrogen) atoms. The van der Waals surface area contributed by atoms with Crippen molar-refractivity contribution < 1.29 is 9.90 Å². The van der Waals surface area contributed by atoms with Crippen molar-refractivity contribution >= 4 is 5.97 Å². The lowest BCUT2D eigenvalue weighted by molar-refractivity contribution is -0.143. The maximum Gasteiger partial charge on any atom is 0.323 e. The van der Waals surface area contributed by atoms with E-state index in [4.69, 9.17) is 10.8 Å². The number of aliphatic carboxylic acids is 1. The van der Waals surface area contributed by atoms with Crippen molar-refractivity contribution in [2.45, 2.75) is 57.4 Å². The van der Waals surface area contributed by atoms with Gasteiger partial charge in [0.2, 0.25) is 0 Å². The third-order valence-electron chi connectivity index (χ3n) is 5.91. The Labute approximate surface area is 109 Å². The van der Waals surface area contributed by atoms with Crippen molar-refractivity contribution in [3.63, 3.8) is 0 Å². The van der Waals surface area contributed by atoms with Crippen molar-refractivity contribution in [3.8, 4) is 0 Å². The SMILES string of the molecule is CC(N)(CCC1C2CC3CC(C2)CC1C3)C(=O)O. The zero-order chi connectivity index (χ0) is 12.9. The molecule has 4 aliphatic carbocycles. The number of carboxylic acid groups (broad SMARTS) is 1. The van der Waals surface area contributed by atoms with Crippen LogP contribution in [0.25, 0.3) is 0 Å². The van der Waals surface area contributed by atoms with E-state index in [1.165, 1.54) is 32.1 Å². The molecule has 0 saturated heterocycles. The van der Waals surface area contributed by atoms with Gasteiger partial charge in [-0.2, -0.15) is 0 Å². The summed E-state index contributed by atoms with van der Waals surface area (Å²) in [6.07, 6.45) is 8.77. The number of rotatable bonds is 4. The standard InChI is InChI=1S/C15H25NO2/c1-15(16,14(17)18)3-2-13-11-5-9-4-10(7-11)8-12(13)6-9/h9-13H,2-8,16H2,1H3,(H,17,18). The number of carboxylic acids is 1. The molecular weight excluding hydrogens is 226 g/mol. The molecule has 102 valence electrons. The summed E-state index contributed by atoms with van der Waals surface area (Å²) >= 11 is 0. The van der Waals surface area contributed by atoms with Crippen LogP contribution in [0.5, 0.6) is 0 Å². The minimum Gasteiger partial charge on any atom is -0.480 e. The molecule has 3 heteroatoms. The van der Waals surface area contributed by atoms with Crippen LogP contribution in [0.1, 0.15) is 51.9 Å². The highest BCUT2D eigenvalue weighted by atomic mass is 16.4. The largest absolute Gasteiger partial charge is 0.480 e. The number of nitrogens with two attached hydrogens (primary N) is 1. The van der Waals surface area contributed by atoms with Crippen molar-refractivity contribution in [1.29, 1.82) is 0 Å². The summed E-state index contributed by atoms with van der Waals surface area (Å²) in [7, 11) is 0. The Kier molecular flexibility index (Phi) is 2.92. The van der Waals surface area contributed by atoms with Crippen LogP contribution in [-0.2, 0) is 4.79 Å². The highest BCUT2D eigenvalue weighted by molar-refractivity contribution is 5.77. The van der Waals surface area contributed by atoms with Gasteiger partial charge in [-0.15, -0.1) is 0 Å². The molecule has 3 N–H and O–H groups in total. The van der Waals surface area contributed by atoms with Gasteiger partial charge >= 0.3 is 5.97 Å². The van der Waals surface area contributed by atoms with E-state index in [1.54, 1.807) is 6.92 Å². The van der Waals surface area contributed by atoms with E-state index < -0.39 is 11.5 Å². The van der Waals surface area contributed by atoms with Gasteiger partial charge in [0.25, 0.3) is 0 Å². The fraction of sp³-hybridized carbons (Fsp3) is 0.933. The second-order valence-corrected chi connectivity index (χ2v) is 7.36. The highest BCUT2D eigenvalue weighted by Crippen LogP contribution is 2.57. The van der Waals surface area contributed by atoms with Crippen LogP contribution in [0.3, 0.4) is 0 Å². The monoisotopic (exact) mass is 251 g/mol. The maximum atomic E-state index is 11.1. The molecule has 4 aliphatic rings. The van der Waals surface area contributed by atoms with Crippen LogP contribution in [-0.4, -0.2) is 16.6 Å². The van der Waals surface area contributed by atoms with Gasteiger partial charge in [0, 0.05) is 0 Å². The molecule has 0 heterocycles. The Morgan fingerprint density at radius 1 is 1.17 bits per heavy atom. The molecule has 1 unspecified atom stereocenters.